The molecule has 3 aliphatic rings. The second-order valence-electron chi connectivity index (χ2n) is 5.28. The summed E-state index contributed by atoms with van der Waals surface area (Å²) in [5, 5.41) is 0. The van der Waals surface area contributed by atoms with Gasteiger partial charge in [0, 0.05) is 30.7 Å². The topological polar surface area (TPSA) is 6.48 Å². The first-order chi connectivity index (χ1) is 6.04. The lowest BCUT2D eigenvalue weighted by molar-refractivity contribution is -0.0842. The molecular formula is C11H22N2. The molecule has 3 saturated heterocycles. The van der Waals surface area contributed by atoms with Crippen molar-refractivity contribution in [2.45, 2.75) is 51.2 Å². The van der Waals surface area contributed by atoms with E-state index in [2.05, 4.69) is 37.6 Å². The number of piperazine rings is 1. The largest absolute Gasteiger partial charge is 0.298 e. The van der Waals surface area contributed by atoms with Crippen molar-refractivity contribution in [3.8, 4) is 0 Å². The van der Waals surface area contributed by atoms with Gasteiger partial charge in [0.2, 0.25) is 0 Å². The molecule has 0 radical (unpaired) electrons. The van der Waals surface area contributed by atoms with Crippen molar-refractivity contribution in [3.05, 3.63) is 0 Å². The third-order valence-electron chi connectivity index (χ3n) is 4.28. The van der Waals surface area contributed by atoms with Gasteiger partial charge in [0.25, 0.3) is 0 Å². The van der Waals surface area contributed by atoms with Crippen LogP contribution in [0.4, 0.5) is 0 Å². The van der Waals surface area contributed by atoms with Gasteiger partial charge >= 0.3 is 0 Å². The molecule has 3 aliphatic heterocycles. The van der Waals surface area contributed by atoms with Crippen LogP contribution in [-0.2, 0) is 0 Å². The summed E-state index contributed by atoms with van der Waals surface area (Å²) in [5.74, 6) is 0. The highest BCUT2D eigenvalue weighted by Gasteiger charge is 2.45. The highest BCUT2D eigenvalue weighted by atomic mass is 15.4. The van der Waals surface area contributed by atoms with E-state index in [1.165, 1.54) is 25.9 Å². The smallest absolute Gasteiger partial charge is 0.0239 e. The maximum Gasteiger partial charge on any atom is 0.0239 e. The number of hydrogen-bond acceptors (Lipinski definition) is 2. The van der Waals surface area contributed by atoms with Crippen LogP contribution in [0.5, 0.6) is 0 Å². The fourth-order valence-electron chi connectivity index (χ4n) is 2.51. The standard InChI is InChI=1S/C11H22N2/c1-5-11(2,3)13-7-9-6-10(8-13)12(9)4/h9-10H,5-8H2,1-4H3. The van der Waals surface area contributed by atoms with Gasteiger partial charge in [-0.25, -0.2) is 0 Å². The van der Waals surface area contributed by atoms with E-state index in [-0.39, 0.29) is 0 Å². The minimum atomic E-state index is 0.415. The molecule has 13 heavy (non-hydrogen) atoms. The van der Waals surface area contributed by atoms with Crippen molar-refractivity contribution in [2.75, 3.05) is 20.1 Å². The van der Waals surface area contributed by atoms with Crippen LogP contribution in [0.2, 0.25) is 0 Å². The molecule has 2 nitrogen and oxygen atoms in total. The Bertz CT molecular complexity index is 188. The van der Waals surface area contributed by atoms with E-state index in [4.69, 9.17) is 0 Å². The zero-order valence-electron chi connectivity index (χ0n) is 9.38. The number of fused-ring (bicyclic) bond motifs is 2. The summed E-state index contributed by atoms with van der Waals surface area (Å²) >= 11 is 0. The summed E-state index contributed by atoms with van der Waals surface area (Å²) in [6.07, 6.45) is 2.70. The quantitative estimate of drug-likeness (QED) is 0.639. The Morgan fingerprint density at radius 1 is 1.23 bits per heavy atom. The van der Waals surface area contributed by atoms with Crippen LogP contribution in [0.1, 0.15) is 33.6 Å². The van der Waals surface area contributed by atoms with Crippen LogP contribution in [-0.4, -0.2) is 47.6 Å². The molecule has 2 unspecified atom stereocenters. The minimum absolute atomic E-state index is 0.415. The average Bonchev–Trinajstić information content (AvgIpc) is 2.17. The maximum atomic E-state index is 2.67. The first kappa shape index (κ1) is 9.47. The molecule has 3 rings (SSSR count). The van der Waals surface area contributed by atoms with E-state index in [9.17, 15) is 0 Å². The van der Waals surface area contributed by atoms with Gasteiger partial charge in [-0.05, 0) is 33.7 Å². The highest BCUT2D eigenvalue weighted by Crippen LogP contribution is 2.34. The first-order valence-corrected chi connectivity index (χ1v) is 5.51. The lowest BCUT2D eigenvalue weighted by atomic mass is 9.84. The van der Waals surface area contributed by atoms with E-state index in [0.29, 0.717) is 5.54 Å². The van der Waals surface area contributed by atoms with Crippen LogP contribution >= 0.6 is 0 Å². The lowest BCUT2D eigenvalue weighted by Crippen LogP contribution is -2.70. The minimum Gasteiger partial charge on any atom is -0.298 e. The van der Waals surface area contributed by atoms with Gasteiger partial charge in [0.1, 0.15) is 0 Å². The van der Waals surface area contributed by atoms with Gasteiger partial charge in [-0.15, -0.1) is 0 Å². The van der Waals surface area contributed by atoms with Gasteiger partial charge in [-0.1, -0.05) is 6.92 Å². The molecular weight excluding hydrogens is 160 g/mol. The molecule has 0 spiro atoms. The van der Waals surface area contributed by atoms with Gasteiger partial charge < -0.3 is 0 Å². The number of piperidine rings is 1. The molecule has 3 heterocycles. The van der Waals surface area contributed by atoms with Crippen molar-refractivity contribution in [1.29, 1.82) is 0 Å². The summed E-state index contributed by atoms with van der Waals surface area (Å²) in [4.78, 5) is 5.22. The van der Waals surface area contributed by atoms with E-state index in [1.807, 2.05) is 0 Å². The van der Waals surface area contributed by atoms with Crippen LogP contribution in [0.25, 0.3) is 0 Å². The van der Waals surface area contributed by atoms with E-state index >= 15 is 0 Å². The van der Waals surface area contributed by atoms with Crippen LogP contribution in [0.3, 0.4) is 0 Å². The average molecular weight is 182 g/mol. The Labute approximate surface area is 81.9 Å². The summed E-state index contributed by atoms with van der Waals surface area (Å²) in [6.45, 7) is 9.61. The molecule has 76 valence electrons. The lowest BCUT2D eigenvalue weighted by Gasteiger charge is -2.58. The Morgan fingerprint density at radius 2 is 1.77 bits per heavy atom. The van der Waals surface area contributed by atoms with Crippen molar-refractivity contribution in [2.24, 2.45) is 0 Å². The first-order valence-electron chi connectivity index (χ1n) is 5.51. The molecule has 0 aromatic rings. The molecule has 0 saturated carbocycles. The third-order valence-corrected chi connectivity index (χ3v) is 4.28. The third kappa shape index (κ3) is 1.40. The predicted molar refractivity (Wildman–Crippen MR) is 55.9 cm³/mol. The number of rotatable bonds is 2. The van der Waals surface area contributed by atoms with E-state index in [1.54, 1.807) is 0 Å². The monoisotopic (exact) mass is 182 g/mol. The molecule has 2 atom stereocenters. The highest BCUT2D eigenvalue weighted by molar-refractivity contribution is 5.02. The maximum absolute atomic E-state index is 2.67. The molecule has 2 bridgehead atoms. The van der Waals surface area contributed by atoms with Gasteiger partial charge in [-0.3, -0.25) is 9.80 Å². The van der Waals surface area contributed by atoms with Crippen molar-refractivity contribution >= 4 is 0 Å². The summed E-state index contributed by atoms with van der Waals surface area (Å²) < 4.78 is 0. The Morgan fingerprint density at radius 3 is 2.15 bits per heavy atom. The fourth-order valence-corrected chi connectivity index (χ4v) is 2.51. The normalized spacial score (nSPS) is 36.0. The number of nitrogens with zero attached hydrogens (tertiary/aromatic N) is 2. The Kier molecular flexibility index (Phi) is 2.16. The van der Waals surface area contributed by atoms with Gasteiger partial charge in [0.05, 0.1) is 0 Å². The molecule has 0 aromatic carbocycles. The molecule has 2 heteroatoms. The number of likely N-dealkylation sites (N-methyl/N-ethyl adjacent to an activating group) is 1. The predicted octanol–water partition coefficient (Wildman–Crippen LogP) is 1.56. The molecule has 0 N–H and O–H groups in total. The molecule has 0 aromatic heterocycles. The van der Waals surface area contributed by atoms with Crippen LogP contribution in [0.15, 0.2) is 0 Å². The zero-order chi connectivity index (χ0) is 9.64. The summed E-state index contributed by atoms with van der Waals surface area (Å²) in [7, 11) is 2.27. The summed E-state index contributed by atoms with van der Waals surface area (Å²) in [5.41, 5.74) is 0.415. The molecule has 0 amide bonds. The Hall–Kier alpha value is -0.0800. The SMILES string of the molecule is CCC(C)(C)N1CC2CC(C1)N2C. The second-order valence-corrected chi connectivity index (χ2v) is 5.28. The second kappa shape index (κ2) is 2.96. The summed E-state index contributed by atoms with van der Waals surface area (Å²) in [6, 6.07) is 1.70. The van der Waals surface area contributed by atoms with Gasteiger partial charge in [0.15, 0.2) is 0 Å². The fraction of sp³-hybridized carbons (Fsp3) is 1.00. The zero-order valence-corrected chi connectivity index (χ0v) is 9.38. The van der Waals surface area contributed by atoms with Crippen molar-refractivity contribution in [1.82, 2.24) is 9.80 Å². The van der Waals surface area contributed by atoms with Gasteiger partial charge in [-0.2, -0.15) is 0 Å². The number of hydrogen-bond donors (Lipinski definition) is 0. The Balaban J connectivity index is 1.99. The van der Waals surface area contributed by atoms with E-state index < -0.39 is 0 Å². The van der Waals surface area contributed by atoms with E-state index in [0.717, 1.165) is 12.1 Å². The van der Waals surface area contributed by atoms with Crippen LogP contribution < -0.4 is 0 Å². The molecule has 3 fully saturated rings. The van der Waals surface area contributed by atoms with Crippen LogP contribution in [0, 0.1) is 0 Å². The van der Waals surface area contributed by atoms with Crippen molar-refractivity contribution in [3.63, 3.8) is 0 Å². The molecule has 0 aliphatic carbocycles. The van der Waals surface area contributed by atoms with Crippen molar-refractivity contribution < 1.29 is 0 Å².